The van der Waals surface area contributed by atoms with Crippen LogP contribution in [0.25, 0.3) is 0 Å². The van der Waals surface area contributed by atoms with Gasteiger partial charge < -0.3 is 4.57 Å². The quantitative estimate of drug-likeness (QED) is 0.755. The number of nitrogens with zero attached hydrogens (tertiary/aromatic N) is 2. The van der Waals surface area contributed by atoms with E-state index in [1.165, 1.54) is 0 Å². The van der Waals surface area contributed by atoms with E-state index in [0.29, 0.717) is 4.49 Å². The summed E-state index contributed by atoms with van der Waals surface area (Å²) in [5.74, 6) is 0.520. The summed E-state index contributed by atoms with van der Waals surface area (Å²) < 4.78 is 2.27. The highest BCUT2D eigenvalue weighted by atomic mass is 35.5. The third-order valence-electron chi connectivity index (χ3n) is 3.45. The van der Waals surface area contributed by atoms with Crippen LogP contribution in [0, 0.1) is 17.3 Å². The second-order valence-corrected chi connectivity index (χ2v) is 7.33. The van der Waals surface area contributed by atoms with Gasteiger partial charge in [-0.1, -0.05) is 49.3 Å². The van der Waals surface area contributed by atoms with E-state index in [2.05, 4.69) is 18.8 Å². The van der Waals surface area contributed by atoms with Crippen LogP contribution in [-0.2, 0) is 7.05 Å². The first-order valence-corrected chi connectivity index (χ1v) is 7.60. The van der Waals surface area contributed by atoms with Gasteiger partial charge >= 0.3 is 0 Å². The zero-order valence-corrected chi connectivity index (χ0v) is 13.5. The molecule has 1 aliphatic carbocycles. The van der Waals surface area contributed by atoms with Gasteiger partial charge in [0.15, 0.2) is 4.80 Å². The Labute approximate surface area is 126 Å². The van der Waals surface area contributed by atoms with Gasteiger partial charge in [0.25, 0.3) is 0 Å². The van der Waals surface area contributed by atoms with Crippen LogP contribution in [0.5, 0.6) is 0 Å². The minimum atomic E-state index is 0.0887. The van der Waals surface area contributed by atoms with Crippen LogP contribution < -0.4 is 4.80 Å². The third-order valence-corrected chi connectivity index (χ3v) is 4.89. The molecule has 1 aromatic heterocycles. The lowest BCUT2D eigenvalue weighted by atomic mass is 10.1. The van der Waals surface area contributed by atoms with Crippen molar-refractivity contribution in [3.63, 3.8) is 0 Å². The third kappa shape index (κ3) is 2.72. The van der Waals surface area contributed by atoms with E-state index in [1.54, 1.807) is 11.3 Å². The van der Waals surface area contributed by atoms with Gasteiger partial charge in [-0.15, -0.1) is 11.3 Å². The van der Waals surface area contributed by atoms with Crippen molar-refractivity contribution in [3.8, 4) is 0 Å². The zero-order chi connectivity index (χ0) is 13.5. The molecule has 98 valence electrons. The number of allylic oxidation sites excluding steroid dienone is 1. The van der Waals surface area contributed by atoms with Crippen LogP contribution in [-0.4, -0.2) is 9.56 Å². The van der Waals surface area contributed by atoms with Crippen molar-refractivity contribution in [1.82, 2.24) is 4.57 Å². The normalized spacial score (nSPS) is 25.9. The zero-order valence-electron chi connectivity index (χ0n) is 10.4. The molecular formula is C12H14Cl2N2S2. The Morgan fingerprint density at radius 2 is 2.22 bits per heavy atom. The molecule has 0 aromatic carbocycles. The maximum atomic E-state index is 5.73. The molecule has 2 unspecified atom stereocenters. The van der Waals surface area contributed by atoms with Crippen molar-refractivity contribution in [2.75, 3.05) is 0 Å². The highest BCUT2D eigenvalue weighted by Crippen LogP contribution is 2.60. The predicted molar refractivity (Wildman–Crippen MR) is 82.0 cm³/mol. The lowest BCUT2D eigenvalue weighted by Crippen LogP contribution is -2.13. The van der Waals surface area contributed by atoms with Crippen molar-refractivity contribution in [2.45, 2.75) is 13.8 Å². The number of hydrogen-bond acceptors (Lipinski definition) is 2. The second kappa shape index (κ2) is 5.08. The highest BCUT2D eigenvalue weighted by molar-refractivity contribution is 7.80. The molecule has 0 amide bonds. The molecule has 1 fully saturated rings. The van der Waals surface area contributed by atoms with Gasteiger partial charge in [0.2, 0.25) is 0 Å². The molecule has 2 atom stereocenters. The Balaban J connectivity index is 2.23. The van der Waals surface area contributed by atoms with Crippen LogP contribution in [0.1, 0.15) is 13.8 Å². The molecule has 1 aliphatic rings. The van der Waals surface area contributed by atoms with Gasteiger partial charge in [0.1, 0.15) is 9.48 Å². The summed E-state index contributed by atoms with van der Waals surface area (Å²) >= 11 is 18.5. The van der Waals surface area contributed by atoms with Crippen LogP contribution in [0.3, 0.4) is 0 Å². The van der Waals surface area contributed by atoms with E-state index in [0.717, 1.165) is 9.79 Å². The molecule has 0 spiro atoms. The summed E-state index contributed by atoms with van der Waals surface area (Å²) in [4.78, 5) is 6.18. The van der Waals surface area contributed by atoms with Crippen molar-refractivity contribution < 1.29 is 0 Å². The Morgan fingerprint density at radius 1 is 1.56 bits per heavy atom. The molecule has 0 N–H and O–H groups in total. The minimum absolute atomic E-state index is 0.0887. The first kappa shape index (κ1) is 14.3. The van der Waals surface area contributed by atoms with Crippen LogP contribution in [0.4, 0.5) is 0 Å². The standard InChI is InChI=1S/C12H14Cl2N2S2/c1-12(2)7(6-8(13)14)9(12)10(17)15-11-16(3)4-5-18-11/h4-7,9H,1-3H3. The van der Waals surface area contributed by atoms with E-state index in [4.69, 9.17) is 35.4 Å². The fourth-order valence-corrected chi connectivity index (χ4v) is 3.80. The Morgan fingerprint density at radius 3 is 2.72 bits per heavy atom. The number of thiocarbonyl (C=S) groups is 1. The molecule has 2 nitrogen and oxygen atoms in total. The molecular weight excluding hydrogens is 307 g/mol. The van der Waals surface area contributed by atoms with Gasteiger partial charge in [0.05, 0.1) is 0 Å². The summed E-state index contributed by atoms with van der Waals surface area (Å²) in [6.45, 7) is 4.32. The lowest BCUT2D eigenvalue weighted by molar-refractivity contribution is 0.593. The van der Waals surface area contributed by atoms with Crippen molar-refractivity contribution >= 4 is 51.7 Å². The first-order valence-electron chi connectivity index (χ1n) is 5.55. The number of rotatable bonds is 2. The van der Waals surface area contributed by atoms with E-state index < -0.39 is 0 Å². The Kier molecular flexibility index (Phi) is 4.02. The molecule has 1 heterocycles. The van der Waals surface area contributed by atoms with Crippen LogP contribution in [0.15, 0.2) is 27.1 Å². The maximum absolute atomic E-state index is 5.73. The van der Waals surface area contributed by atoms with Crippen LogP contribution in [0.2, 0.25) is 0 Å². The maximum Gasteiger partial charge on any atom is 0.190 e. The number of aryl methyl sites for hydroxylation is 1. The minimum Gasteiger partial charge on any atom is -0.327 e. The van der Waals surface area contributed by atoms with Gasteiger partial charge in [-0.3, -0.25) is 0 Å². The number of thiazole rings is 1. The average molecular weight is 321 g/mol. The van der Waals surface area contributed by atoms with Crippen molar-refractivity contribution in [1.29, 1.82) is 0 Å². The summed E-state index contributed by atoms with van der Waals surface area (Å²) in [7, 11) is 1.96. The van der Waals surface area contributed by atoms with Gasteiger partial charge in [-0.25, -0.2) is 4.99 Å². The molecule has 2 rings (SSSR count). The van der Waals surface area contributed by atoms with E-state index >= 15 is 0 Å². The average Bonchev–Trinajstić information content (AvgIpc) is 2.57. The molecule has 0 aliphatic heterocycles. The molecule has 0 bridgehead atoms. The fraction of sp³-hybridized carbons (Fsp3) is 0.500. The summed E-state index contributed by atoms with van der Waals surface area (Å²) in [5.41, 5.74) is 0.0887. The smallest absolute Gasteiger partial charge is 0.190 e. The molecule has 18 heavy (non-hydrogen) atoms. The van der Waals surface area contributed by atoms with Crippen molar-refractivity contribution in [3.05, 3.63) is 26.9 Å². The van der Waals surface area contributed by atoms with Gasteiger partial charge in [-0.05, 0) is 17.4 Å². The Hall–Kier alpha value is -0.160. The second-order valence-electron chi connectivity index (χ2n) is 5.03. The molecule has 0 saturated heterocycles. The fourth-order valence-electron chi connectivity index (χ4n) is 2.19. The molecule has 0 radical (unpaired) electrons. The van der Waals surface area contributed by atoms with Crippen molar-refractivity contribution in [2.24, 2.45) is 29.3 Å². The predicted octanol–water partition coefficient (Wildman–Crippen LogP) is 3.91. The van der Waals surface area contributed by atoms with Gasteiger partial charge in [0, 0.05) is 24.5 Å². The SMILES string of the molecule is Cn1ccsc1=NC(=S)C1C(C=C(Cl)Cl)C1(C)C. The largest absolute Gasteiger partial charge is 0.327 e. The summed E-state index contributed by atoms with van der Waals surface area (Å²) in [5, 5.41) is 1.99. The number of halogens is 2. The highest BCUT2D eigenvalue weighted by Gasteiger charge is 2.58. The monoisotopic (exact) mass is 320 g/mol. The summed E-state index contributed by atoms with van der Waals surface area (Å²) in [6.07, 6.45) is 3.83. The first-order chi connectivity index (χ1) is 8.34. The topological polar surface area (TPSA) is 17.3 Å². The molecule has 1 aromatic rings. The summed E-state index contributed by atoms with van der Waals surface area (Å²) in [6, 6.07) is 0. The van der Waals surface area contributed by atoms with E-state index in [9.17, 15) is 0 Å². The molecule has 6 heteroatoms. The number of hydrogen-bond donors (Lipinski definition) is 0. The van der Waals surface area contributed by atoms with Gasteiger partial charge in [-0.2, -0.15) is 0 Å². The molecule has 1 saturated carbocycles. The lowest BCUT2D eigenvalue weighted by Gasteiger charge is -1.99. The van der Waals surface area contributed by atoms with E-state index in [-0.39, 0.29) is 17.3 Å². The van der Waals surface area contributed by atoms with Crippen LogP contribution >= 0.6 is 46.8 Å². The Bertz CT molecular complexity index is 565. The number of aromatic nitrogens is 1. The van der Waals surface area contributed by atoms with E-state index in [1.807, 2.05) is 29.3 Å².